The number of carboxylic acids is 1. The first-order chi connectivity index (χ1) is 8.84. The van der Waals surface area contributed by atoms with Crippen molar-refractivity contribution >= 4 is 5.97 Å². The van der Waals surface area contributed by atoms with Crippen LogP contribution in [0.3, 0.4) is 0 Å². The Kier molecular flexibility index (Phi) is 6.31. The highest BCUT2D eigenvalue weighted by molar-refractivity contribution is 5.69. The number of hydrogen-bond donors (Lipinski definition) is 1. The van der Waals surface area contributed by atoms with Gasteiger partial charge in [-0.25, -0.2) is 0 Å². The van der Waals surface area contributed by atoms with Gasteiger partial charge in [-0.3, -0.25) is 9.69 Å². The number of carboxylic acid groups (broad SMARTS) is 1. The Morgan fingerprint density at radius 2 is 1.89 bits per heavy atom. The van der Waals surface area contributed by atoms with Gasteiger partial charge in [0.25, 0.3) is 0 Å². The molecule has 1 saturated carbocycles. The van der Waals surface area contributed by atoms with Crippen LogP contribution in [0.25, 0.3) is 0 Å². The van der Waals surface area contributed by atoms with Gasteiger partial charge in [0.2, 0.25) is 0 Å². The molecule has 0 aromatic heterocycles. The number of aliphatic carboxylic acids is 1. The summed E-state index contributed by atoms with van der Waals surface area (Å²) >= 11 is 0. The summed E-state index contributed by atoms with van der Waals surface area (Å²) in [6, 6.07) is 0.443. The Balaban J connectivity index is 2.66. The summed E-state index contributed by atoms with van der Waals surface area (Å²) < 4.78 is 0. The Hall–Kier alpha value is -0.570. The molecule has 0 bridgehead atoms. The van der Waals surface area contributed by atoms with Gasteiger partial charge in [0.15, 0.2) is 0 Å². The standard InChI is InChI=1S/C16H31NO2/c1-5-7-13-8-6-9-14(11-10-13)17(12-15(18)19)16(2,3)4/h13-14H,5-12H2,1-4H3,(H,18,19). The van der Waals surface area contributed by atoms with E-state index in [4.69, 9.17) is 5.11 Å². The third kappa shape index (κ3) is 5.52. The first kappa shape index (κ1) is 16.5. The van der Waals surface area contributed by atoms with Crippen LogP contribution in [-0.2, 0) is 4.79 Å². The average Bonchev–Trinajstić information content (AvgIpc) is 2.50. The SMILES string of the molecule is CCCC1CCCC(N(CC(=O)O)C(C)(C)C)CC1. The summed E-state index contributed by atoms with van der Waals surface area (Å²) in [6.07, 6.45) is 8.77. The minimum Gasteiger partial charge on any atom is -0.480 e. The Labute approximate surface area is 118 Å². The van der Waals surface area contributed by atoms with E-state index in [0.717, 1.165) is 18.8 Å². The first-order valence-electron chi connectivity index (χ1n) is 7.83. The van der Waals surface area contributed by atoms with Gasteiger partial charge in [-0.2, -0.15) is 0 Å². The van der Waals surface area contributed by atoms with Gasteiger partial charge in [-0.1, -0.05) is 32.6 Å². The molecule has 1 aliphatic carbocycles. The maximum Gasteiger partial charge on any atom is 0.317 e. The lowest BCUT2D eigenvalue weighted by Gasteiger charge is -2.40. The van der Waals surface area contributed by atoms with Crippen molar-refractivity contribution in [2.24, 2.45) is 5.92 Å². The number of hydrogen-bond acceptors (Lipinski definition) is 2. The minimum absolute atomic E-state index is 0.0619. The van der Waals surface area contributed by atoms with Crippen molar-refractivity contribution in [3.8, 4) is 0 Å². The molecular weight excluding hydrogens is 238 g/mol. The number of nitrogens with zero attached hydrogens (tertiary/aromatic N) is 1. The molecule has 0 saturated heterocycles. The average molecular weight is 269 g/mol. The first-order valence-corrected chi connectivity index (χ1v) is 7.83. The molecule has 0 aliphatic heterocycles. The number of rotatable bonds is 5. The van der Waals surface area contributed by atoms with Gasteiger partial charge in [0, 0.05) is 11.6 Å². The molecule has 1 aliphatic rings. The van der Waals surface area contributed by atoms with Crippen LogP contribution >= 0.6 is 0 Å². The maximum absolute atomic E-state index is 11.1. The highest BCUT2D eigenvalue weighted by atomic mass is 16.4. The highest BCUT2D eigenvalue weighted by Gasteiger charge is 2.31. The van der Waals surface area contributed by atoms with E-state index in [9.17, 15) is 4.79 Å². The van der Waals surface area contributed by atoms with Crippen molar-refractivity contribution in [3.63, 3.8) is 0 Å². The lowest BCUT2D eigenvalue weighted by atomic mass is 9.94. The Bertz CT molecular complexity index is 283. The molecule has 112 valence electrons. The molecule has 1 N–H and O–H groups in total. The van der Waals surface area contributed by atoms with Crippen molar-refractivity contribution in [3.05, 3.63) is 0 Å². The zero-order valence-corrected chi connectivity index (χ0v) is 13.1. The predicted molar refractivity (Wildman–Crippen MR) is 79.4 cm³/mol. The fourth-order valence-electron chi connectivity index (χ4n) is 3.43. The maximum atomic E-state index is 11.1. The zero-order valence-electron chi connectivity index (χ0n) is 13.1. The van der Waals surface area contributed by atoms with Crippen LogP contribution in [0.5, 0.6) is 0 Å². The van der Waals surface area contributed by atoms with Crippen molar-refractivity contribution < 1.29 is 9.90 Å². The normalized spacial score (nSPS) is 25.3. The largest absolute Gasteiger partial charge is 0.480 e. The van der Waals surface area contributed by atoms with E-state index in [-0.39, 0.29) is 12.1 Å². The molecule has 1 fully saturated rings. The van der Waals surface area contributed by atoms with Crippen LogP contribution in [0.2, 0.25) is 0 Å². The van der Waals surface area contributed by atoms with Crippen LogP contribution < -0.4 is 0 Å². The van der Waals surface area contributed by atoms with E-state index >= 15 is 0 Å². The second-order valence-electron chi connectivity index (χ2n) is 7.01. The molecule has 0 radical (unpaired) electrons. The molecule has 1 rings (SSSR count). The van der Waals surface area contributed by atoms with E-state index in [1.807, 2.05) is 0 Å². The summed E-state index contributed by atoms with van der Waals surface area (Å²) in [5, 5.41) is 9.14. The molecule has 0 spiro atoms. The summed E-state index contributed by atoms with van der Waals surface area (Å²) in [4.78, 5) is 13.3. The van der Waals surface area contributed by atoms with Gasteiger partial charge in [-0.05, 0) is 46.0 Å². The van der Waals surface area contributed by atoms with Gasteiger partial charge < -0.3 is 5.11 Å². The second-order valence-corrected chi connectivity index (χ2v) is 7.01. The molecular formula is C16H31NO2. The van der Waals surface area contributed by atoms with E-state index < -0.39 is 5.97 Å². The second kappa shape index (κ2) is 7.28. The summed E-state index contributed by atoms with van der Waals surface area (Å²) in [5.74, 6) is 0.158. The number of carbonyl (C=O) groups is 1. The van der Waals surface area contributed by atoms with Gasteiger partial charge in [0.1, 0.15) is 0 Å². The third-order valence-electron chi connectivity index (χ3n) is 4.36. The van der Waals surface area contributed by atoms with Crippen LogP contribution in [0, 0.1) is 5.92 Å². The van der Waals surface area contributed by atoms with Gasteiger partial charge >= 0.3 is 5.97 Å². The smallest absolute Gasteiger partial charge is 0.317 e. The molecule has 19 heavy (non-hydrogen) atoms. The fraction of sp³-hybridized carbons (Fsp3) is 0.938. The minimum atomic E-state index is -0.704. The van der Waals surface area contributed by atoms with Crippen LogP contribution in [0.4, 0.5) is 0 Å². The molecule has 0 amide bonds. The molecule has 3 nitrogen and oxygen atoms in total. The molecule has 2 unspecified atom stereocenters. The Morgan fingerprint density at radius 3 is 2.42 bits per heavy atom. The lowest BCUT2D eigenvalue weighted by Crippen LogP contribution is -2.50. The zero-order chi connectivity index (χ0) is 14.5. The summed E-state index contributed by atoms with van der Waals surface area (Å²) in [6.45, 7) is 8.82. The topological polar surface area (TPSA) is 40.5 Å². The third-order valence-corrected chi connectivity index (χ3v) is 4.36. The van der Waals surface area contributed by atoms with Crippen molar-refractivity contribution in [2.75, 3.05) is 6.54 Å². The van der Waals surface area contributed by atoms with Crippen molar-refractivity contribution in [1.29, 1.82) is 0 Å². The van der Waals surface area contributed by atoms with Crippen molar-refractivity contribution in [2.45, 2.75) is 84.2 Å². The van der Waals surface area contributed by atoms with Crippen LogP contribution in [0.1, 0.15) is 72.6 Å². The van der Waals surface area contributed by atoms with E-state index in [2.05, 4.69) is 32.6 Å². The van der Waals surface area contributed by atoms with E-state index in [1.165, 1.54) is 32.1 Å². The monoisotopic (exact) mass is 269 g/mol. The summed E-state index contributed by atoms with van der Waals surface area (Å²) in [5.41, 5.74) is -0.0619. The molecule has 0 heterocycles. The Morgan fingerprint density at radius 1 is 1.21 bits per heavy atom. The van der Waals surface area contributed by atoms with Gasteiger partial charge in [-0.15, -0.1) is 0 Å². The molecule has 2 atom stereocenters. The lowest BCUT2D eigenvalue weighted by molar-refractivity contribution is -0.140. The fourth-order valence-corrected chi connectivity index (χ4v) is 3.43. The molecule has 0 aromatic carbocycles. The van der Waals surface area contributed by atoms with Crippen LogP contribution in [0.15, 0.2) is 0 Å². The summed E-state index contributed by atoms with van der Waals surface area (Å²) in [7, 11) is 0. The van der Waals surface area contributed by atoms with E-state index in [0.29, 0.717) is 6.04 Å². The predicted octanol–water partition coefficient (Wildman–Crippen LogP) is 3.92. The van der Waals surface area contributed by atoms with Gasteiger partial charge in [0.05, 0.1) is 6.54 Å². The molecule has 3 heteroatoms. The van der Waals surface area contributed by atoms with Crippen molar-refractivity contribution in [1.82, 2.24) is 4.90 Å². The highest BCUT2D eigenvalue weighted by Crippen LogP contribution is 2.31. The molecule has 0 aromatic rings. The van der Waals surface area contributed by atoms with E-state index in [1.54, 1.807) is 0 Å². The van der Waals surface area contributed by atoms with Crippen LogP contribution in [-0.4, -0.2) is 34.1 Å². The quantitative estimate of drug-likeness (QED) is 0.769.